The van der Waals surface area contributed by atoms with Gasteiger partial charge < -0.3 is 19.4 Å². The molecule has 0 radical (unpaired) electrons. The first-order valence-electron chi connectivity index (χ1n) is 10.5. The maximum Gasteiger partial charge on any atom is 0.249 e. The number of likely N-dealkylation sites (N-methyl/N-ethyl adjacent to an activating group) is 1. The van der Waals surface area contributed by atoms with Crippen molar-refractivity contribution in [3.05, 3.63) is 35.9 Å². The lowest BCUT2D eigenvalue weighted by atomic mass is 9.76. The van der Waals surface area contributed by atoms with Crippen LogP contribution in [-0.2, 0) is 24.7 Å². The smallest absolute Gasteiger partial charge is 0.249 e. The van der Waals surface area contributed by atoms with E-state index < -0.39 is 5.54 Å². The maximum atomic E-state index is 12.9. The number of benzene rings is 1. The van der Waals surface area contributed by atoms with E-state index in [0.717, 1.165) is 24.9 Å². The molecule has 0 N–H and O–H groups in total. The number of morpholine rings is 1. The summed E-state index contributed by atoms with van der Waals surface area (Å²) in [5, 5.41) is 0. The Morgan fingerprint density at radius 3 is 2.69 bits per heavy atom. The third-order valence-electron chi connectivity index (χ3n) is 6.71. The minimum atomic E-state index is -0.545. The van der Waals surface area contributed by atoms with Crippen molar-refractivity contribution in [1.29, 1.82) is 0 Å². The number of piperidine rings is 2. The quantitative estimate of drug-likeness (QED) is 0.767. The van der Waals surface area contributed by atoms with Crippen LogP contribution in [0.1, 0.15) is 37.7 Å². The van der Waals surface area contributed by atoms with Crippen LogP contribution < -0.4 is 0 Å². The van der Waals surface area contributed by atoms with Gasteiger partial charge in [-0.05, 0) is 24.8 Å². The summed E-state index contributed by atoms with van der Waals surface area (Å²) < 4.78 is 5.96. The van der Waals surface area contributed by atoms with Gasteiger partial charge in [-0.2, -0.15) is 0 Å². The summed E-state index contributed by atoms with van der Waals surface area (Å²) in [4.78, 5) is 42.7. The highest BCUT2D eigenvalue weighted by atomic mass is 16.5. The zero-order valence-electron chi connectivity index (χ0n) is 17.0. The van der Waals surface area contributed by atoms with Gasteiger partial charge >= 0.3 is 0 Å². The van der Waals surface area contributed by atoms with Gasteiger partial charge in [-0.3, -0.25) is 14.4 Å². The largest absolute Gasteiger partial charge is 0.364 e. The highest BCUT2D eigenvalue weighted by Crippen LogP contribution is 2.42. The summed E-state index contributed by atoms with van der Waals surface area (Å²) in [5.41, 5.74) is 0.502. The Morgan fingerprint density at radius 2 is 1.93 bits per heavy atom. The van der Waals surface area contributed by atoms with Crippen molar-refractivity contribution in [2.45, 2.75) is 43.7 Å². The Bertz CT molecular complexity index is 784. The fourth-order valence-electron chi connectivity index (χ4n) is 4.94. The van der Waals surface area contributed by atoms with Crippen molar-refractivity contribution < 1.29 is 19.1 Å². The van der Waals surface area contributed by atoms with Gasteiger partial charge in [0.25, 0.3) is 0 Å². The zero-order valence-corrected chi connectivity index (χ0v) is 17.0. The number of fused-ring (bicyclic) bond motifs is 1. The van der Waals surface area contributed by atoms with Crippen LogP contribution in [0.4, 0.5) is 0 Å². The Hall–Kier alpha value is -2.41. The maximum absolute atomic E-state index is 12.9. The number of carbonyl (C=O) groups excluding carboxylic acids is 3. The third-order valence-corrected chi connectivity index (χ3v) is 6.71. The van der Waals surface area contributed by atoms with Crippen molar-refractivity contribution >= 4 is 17.7 Å². The summed E-state index contributed by atoms with van der Waals surface area (Å²) in [7, 11) is 1.84. The Kier molecular flexibility index (Phi) is 5.58. The molecule has 29 heavy (non-hydrogen) atoms. The molecule has 3 aliphatic heterocycles. The molecule has 3 heterocycles. The van der Waals surface area contributed by atoms with Crippen molar-refractivity contribution in [1.82, 2.24) is 14.7 Å². The second-order valence-electron chi connectivity index (χ2n) is 8.22. The van der Waals surface area contributed by atoms with E-state index in [1.54, 1.807) is 0 Å². The van der Waals surface area contributed by atoms with E-state index in [2.05, 4.69) is 0 Å². The summed E-state index contributed by atoms with van der Waals surface area (Å²) in [5.74, 6) is 0.170. The molecule has 0 unspecified atom stereocenters. The Balaban J connectivity index is 1.46. The van der Waals surface area contributed by atoms with Crippen molar-refractivity contribution in [3.8, 4) is 0 Å². The highest BCUT2D eigenvalue weighted by Gasteiger charge is 2.53. The van der Waals surface area contributed by atoms with Crippen LogP contribution in [0, 0.1) is 0 Å². The second-order valence-corrected chi connectivity index (χ2v) is 8.22. The van der Waals surface area contributed by atoms with Crippen LogP contribution in [-0.4, -0.2) is 78.4 Å². The van der Waals surface area contributed by atoms with Gasteiger partial charge in [0, 0.05) is 46.1 Å². The minimum absolute atomic E-state index is 0.0338. The number of carbonyl (C=O) groups is 3. The first-order valence-corrected chi connectivity index (χ1v) is 10.5. The molecule has 1 aromatic rings. The average molecular weight is 399 g/mol. The van der Waals surface area contributed by atoms with Crippen LogP contribution in [0.3, 0.4) is 0 Å². The molecule has 0 aliphatic carbocycles. The lowest BCUT2D eigenvalue weighted by molar-refractivity contribution is -0.184. The molecular formula is C22H29N3O4. The lowest BCUT2D eigenvalue weighted by Crippen LogP contribution is -2.67. The van der Waals surface area contributed by atoms with Gasteiger partial charge in [0.1, 0.15) is 12.7 Å². The predicted octanol–water partition coefficient (Wildman–Crippen LogP) is 1.37. The van der Waals surface area contributed by atoms with Gasteiger partial charge in [0.2, 0.25) is 17.7 Å². The van der Waals surface area contributed by atoms with E-state index in [-0.39, 0.29) is 30.4 Å². The topological polar surface area (TPSA) is 70.2 Å². The predicted molar refractivity (Wildman–Crippen MR) is 107 cm³/mol. The van der Waals surface area contributed by atoms with Gasteiger partial charge in [-0.15, -0.1) is 0 Å². The SMILES string of the molecule is CN1C(=O)CO[C@@H]2CN(C(=O)CCN3CCCCC3=O)CC[C@]21c1ccccc1. The summed E-state index contributed by atoms with van der Waals surface area (Å²) >= 11 is 0. The summed E-state index contributed by atoms with van der Waals surface area (Å²) in [6.07, 6.45) is 3.27. The van der Waals surface area contributed by atoms with E-state index >= 15 is 0 Å². The number of likely N-dealkylation sites (tertiary alicyclic amines) is 2. The second kappa shape index (κ2) is 8.14. The van der Waals surface area contributed by atoms with Crippen LogP contribution in [0.2, 0.25) is 0 Å². The van der Waals surface area contributed by atoms with Gasteiger partial charge in [-0.25, -0.2) is 0 Å². The average Bonchev–Trinajstić information content (AvgIpc) is 2.76. The van der Waals surface area contributed by atoms with E-state index in [1.807, 2.05) is 52.1 Å². The normalized spacial score (nSPS) is 27.8. The molecule has 0 spiro atoms. The number of hydrogen-bond donors (Lipinski definition) is 0. The van der Waals surface area contributed by atoms with Crippen LogP contribution in [0.25, 0.3) is 0 Å². The molecule has 4 rings (SSSR count). The minimum Gasteiger partial charge on any atom is -0.364 e. The standard InChI is InChI=1S/C22H29N3O4/c1-23-21(28)16-29-18-15-25(14-11-22(18,23)17-7-3-2-4-8-17)20(27)10-13-24-12-6-5-9-19(24)26/h2-4,7-8,18H,5-6,9-16H2,1H3/t18-,22+/m1/s1. The highest BCUT2D eigenvalue weighted by molar-refractivity contribution is 5.81. The molecule has 0 saturated carbocycles. The van der Waals surface area contributed by atoms with Crippen LogP contribution in [0.15, 0.2) is 30.3 Å². The first kappa shape index (κ1) is 19.9. The summed E-state index contributed by atoms with van der Waals surface area (Å²) in [6, 6.07) is 9.97. The lowest BCUT2D eigenvalue weighted by Gasteiger charge is -2.54. The molecule has 2 atom stereocenters. The molecule has 156 valence electrons. The molecule has 0 bridgehead atoms. The van der Waals surface area contributed by atoms with Crippen molar-refractivity contribution in [3.63, 3.8) is 0 Å². The van der Waals surface area contributed by atoms with E-state index in [1.165, 1.54) is 0 Å². The van der Waals surface area contributed by atoms with Gasteiger partial charge in [0.15, 0.2) is 0 Å². The third kappa shape index (κ3) is 3.64. The summed E-state index contributed by atoms with van der Waals surface area (Å²) in [6.45, 7) is 2.31. The number of nitrogens with zero attached hydrogens (tertiary/aromatic N) is 3. The van der Waals surface area contributed by atoms with Gasteiger partial charge in [-0.1, -0.05) is 30.3 Å². The van der Waals surface area contributed by atoms with Crippen LogP contribution >= 0.6 is 0 Å². The molecule has 3 fully saturated rings. The molecule has 3 saturated heterocycles. The van der Waals surface area contributed by atoms with Crippen LogP contribution in [0.5, 0.6) is 0 Å². The number of amides is 3. The molecule has 3 aliphatic rings. The zero-order chi connectivity index (χ0) is 20.4. The molecule has 1 aromatic carbocycles. The van der Waals surface area contributed by atoms with Crippen molar-refractivity contribution in [2.75, 3.05) is 39.8 Å². The molecule has 3 amide bonds. The number of hydrogen-bond acceptors (Lipinski definition) is 4. The molecular weight excluding hydrogens is 370 g/mol. The Labute approximate surface area is 171 Å². The fraction of sp³-hybridized carbons (Fsp3) is 0.591. The van der Waals surface area contributed by atoms with E-state index in [4.69, 9.17) is 4.74 Å². The van der Waals surface area contributed by atoms with Crippen molar-refractivity contribution in [2.24, 2.45) is 0 Å². The number of rotatable bonds is 4. The fourth-order valence-corrected chi connectivity index (χ4v) is 4.94. The molecule has 0 aromatic heterocycles. The first-order chi connectivity index (χ1) is 14.0. The Morgan fingerprint density at radius 1 is 1.14 bits per heavy atom. The van der Waals surface area contributed by atoms with Gasteiger partial charge in [0.05, 0.1) is 5.54 Å². The van der Waals surface area contributed by atoms with E-state index in [0.29, 0.717) is 38.9 Å². The monoisotopic (exact) mass is 399 g/mol. The number of ether oxygens (including phenoxy) is 1. The molecule has 7 heteroatoms. The van der Waals surface area contributed by atoms with E-state index in [9.17, 15) is 14.4 Å². The molecule has 7 nitrogen and oxygen atoms in total.